The molecule has 0 atom stereocenters. The van der Waals surface area contributed by atoms with E-state index in [0.29, 0.717) is 16.1 Å². The Hall–Kier alpha value is -2.64. The van der Waals surface area contributed by atoms with Gasteiger partial charge in [-0.2, -0.15) is 10.5 Å². The third kappa shape index (κ3) is 2.32. The fourth-order valence-electron chi connectivity index (χ4n) is 1.62. The van der Waals surface area contributed by atoms with E-state index in [2.05, 4.69) is 4.98 Å². The molecule has 0 aliphatic heterocycles. The van der Waals surface area contributed by atoms with Gasteiger partial charge >= 0.3 is 0 Å². The summed E-state index contributed by atoms with van der Waals surface area (Å²) >= 11 is 1.21. The van der Waals surface area contributed by atoms with Gasteiger partial charge in [0.1, 0.15) is 23.5 Å². The smallest absolute Gasteiger partial charge is 0.267 e. The predicted molar refractivity (Wildman–Crippen MR) is 71.2 cm³/mol. The maximum absolute atomic E-state index is 12.2. The topological polar surface area (TPSA) is 107 Å². The second kappa shape index (κ2) is 5.34. The van der Waals surface area contributed by atoms with Gasteiger partial charge in [-0.1, -0.05) is 0 Å². The summed E-state index contributed by atoms with van der Waals surface area (Å²) in [5.74, 6) is -0.413. The molecule has 6 nitrogen and oxygen atoms in total. The van der Waals surface area contributed by atoms with Crippen LogP contribution < -0.4 is 5.73 Å². The van der Waals surface area contributed by atoms with E-state index < -0.39 is 5.91 Å². The molecular weight excluding hydrogens is 262 g/mol. The van der Waals surface area contributed by atoms with Gasteiger partial charge in [-0.3, -0.25) is 9.78 Å². The lowest BCUT2D eigenvalue weighted by atomic mass is 10.3. The highest BCUT2D eigenvalue weighted by Crippen LogP contribution is 2.32. The summed E-state index contributed by atoms with van der Waals surface area (Å²) in [6.45, 7) is -0.291. The number of aromatic nitrogens is 1. The van der Waals surface area contributed by atoms with Crippen LogP contribution in [-0.4, -0.2) is 28.9 Å². The van der Waals surface area contributed by atoms with E-state index in [4.69, 9.17) is 16.3 Å². The minimum atomic E-state index is -0.413. The quantitative estimate of drug-likeness (QED) is 0.848. The van der Waals surface area contributed by atoms with E-state index in [-0.39, 0.29) is 13.1 Å². The molecule has 0 aromatic carbocycles. The van der Waals surface area contributed by atoms with Gasteiger partial charge in [-0.05, 0) is 12.1 Å². The summed E-state index contributed by atoms with van der Waals surface area (Å²) in [5, 5.41) is 17.3. The molecule has 0 unspecified atom stereocenters. The molecule has 0 fully saturated rings. The van der Waals surface area contributed by atoms with Crippen LogP contribution >= 0.6 is 11.3 Å². The largest absolute Gasteiger partial charge is 0.396 e. The van der Waals surface area contributed by atoms with Crippen LogP contribution in [0.4, 0.5) is 5.69 Å². The molecule has 2 rings (SSSR count). The Kier molecular flexibility index (Phi) is 3.60. The predicted octanol–water partition coefficient (Wildman–Crippen LogP) is 1.37. The highest BCUT2D eigenvalue weighted by molar-refractivity contribution is 7.21. The molecule has 2 aromatic rings. The lowest BCUT2D eigenvalue weighted by Gasteiger charge is -2.14. The number of hydrogen-bond donors (Lipinski definition) is 1. The van der Waals surface area contributed by atoms with Gasteiger partial charge in [0.05, 0.1) is 22.5 Å². The van der Waals surface area contributed by atoms with Crippen molar-refractivity contribution in [3.8, 4) is 12.1 Å². The van der Waals surface area contributed by atoms with Crippen molar-refractivity contribution in [2.75, 3.05) is 18.8 Å². The molecule has 7 heteroatoms. The van der Waals surface area contributed by atoms with Crippen LogP contribution in [0.15, 0.2) is 18.3 Å². The summed E-state index contributed by atoms with van der Waals surface area (Å²) in [6.07, 6.45) is 1.60. The minimum Gasteiger partial charge on any atom is -0.396 e. The van der Waals surface area contributed by atoms with E-state index in [9.17, 15) is 4.79 Å². The SMILES string of the molecule is N#CCN(CC#N)C(=O)c1sc2cccnc2c1N. The lowest BCUT2D eigenvalue weighted by molar-refractivity contribution is 0.0800. The van der Waals surface area contributed by atoms with E-state index >= 15 is 0 Å². The first-order valence-electron chi connectivity index (χ1n) is 5.35. The van der Waals surface area contributed by atoms with Gasteiger partial charge in [0.25, 0.3) is 5.91 Å². The monoisotopic (exact) mass is 271 g/mol. The molecule has 0 aliphatic carbocycles. The third-order valence-corrected chi connectivity index (χ3v) is 3.64. The van der Waals surface area contributed by atoms with Crippen molar-refractivity contribution in [2.24, 2.45) is 0 Å². The Bertz CT molecular complexity index is 693. The first-order chi connectivity index (χ1) is 9.19. The number of rotatable bonds is 3. The van der Waals surface area contributed by atoms with Crippen molar-refractivity contribution in [2.45, 2.75) is 0 Å². The number of nitrogens with zero attached hydrogens (tertiary/aromatic N) is 4. The van der Waals surface area contributed by atoms with Crippen LogP contribution in [0.5, 0.6) is 0 Å². The zero-order chi connectivity index (χ0) is 13.8. The van der Waals surface area contributed by atoms with Gasteiger partial charge in [0.15, 0.2) is 0 Å². The summed E-state index contributed by atoms with van der Waals surface area (Å²) in [5.41, 5.74) is 6.78. The van der Waals surface area contributed by atoms with Crippen molar-refractivity contribution in [3.63, 3.8) is 0 Å². The molecule has 0 aliphatic rings. The molecule has 94 valence electrons. The van der Waals surface area contributed by atoms with Gasteiger partial charge < -0.3 is 10.6 Å². The van der Waals surface area contributed by atoms with Gasteiger partial charge in [-0.15, -0.1) is 11.3 Å². The minimum absolute atomic E-state index is 0.145. The molecule has 0 saturated carbocycles. The molecule has 0 bridgehead atoms. The summed E-state index contributed by atoms with van der Waals surface area (Å²) in [7, 11) is 0. The molecule has 2 N–H and O–H groups in total. The van der Waals surface area contributed by atoms with E-state index in [1.807, 2.05) is 18.2 Å². The highest BCUT2D eigenvalue weighted by Gasteiger charge is 2.22. The van der Waals surface area contributed by atoms with Gasteiger partial charge in [0, 0.05) is 6.20 Å². The molecule has 0 saturated heterocycles. The number of hydrogen-bond acceptors (Lipinski definition) is 6. The van der Waals surface area contributed by atoms with Crippen LogP contribution in [0, 0.1) is 22.7 Å². The molecule has 0 spiro atoms. The van der Waals surface area contributed by atoms with Crippen molar-refractivity contribution in [1.29, 1.82) is 10.5 Å². The number of thiophene rings is 1. The molecule has 1 amide bonds. The highest BCUT2D eigenvalue weighted by atomic mass is 32.1. The number of fused-ring (bicyclic) bond motifs is 1. The standard InChI is InChI=1S/C12H9N5OS/c13-3-6-17(7-4-14)12(18)11-9(15)10-8(19-11)2-1-5-16-10/h1-2,5H,6-7,15H2. The van der Waals surface area contributed by atoms with Crippen molar-refractivity contribution in [3.05, 3.63) is 23.2 Å². The number of pyridine rings is 1. The normalized spacial score (nSPS) is 9.79. The van der Waals surface area contributed by atoms with Gasteiger partial charge in [-0.25, -0.2) is 0 Å². The van der Waals surface area contributed by atoms with Crippen LogP contribution in [0.25, 0.3) is 10.2 Å². The number of amides is 1. The second-order valence-corrected chi connectivity index (χ2v) is 4.72. The first kappa shape index (κ1) is 12.8. The molecule has 2 aromatic heterocycles. The van der Waals surface area contributed by atoms with Crippen LogP contribution in [0.2, 0.25) is 0 Å². The lowest BCUT2D eigenvalue weighted by Crippen LogP contribution is -2.31. The van der Waals surface area contributed by atoms with Crippen molar-refractivity contribution < 1.29 is 4.79 Å². The van der Waals surface area contributed by atoms with E-state index in [0.717, 1.165) is 9.60 Å². The summed E-state index contributed by atoms with van der Waals surface area (Å²) in [4.78, 5) is 17.8. The molecule has 19 heavy (non-hydrogen) atoms. The van der Waals surface area contributed by atoms with E-state index in [1.54, 1.807) is 12.3 Å². The number of nitrogens with two attached hydrogens (primary N) is 1. The Morgan fingerprint density at radius 3 is 2.68 bits per heavy atom. The molecule has 0 radical (unpaired) electrons. The van der Waals surface area contributed by atoms with Crippen molar-refractivity contribution >= 4 is 33.1 Å². The molecule has 2 heterocycles. The van der Waals surface area contributed by atoms with Gasteiger partial charge in [0.2, 0.25) is 0 Å². The second-order valence-electron chi connectivity index (χ2n) is 3.67. The Morgan fingerprint density at radius 1 is 1.42 bits per heavy atom. The number of carbonyl (C=O) groups excluding carboxylic acids is 1. The number of nitrogen functional groups attached to an aromatic ring is 1. The summed E-state index contributed by atoms with van der Waals surface area (Å²) < 4.78 is 0.803. The molecular formula is C12H9N5OS. The fourth-order valence-corrected chi connectivity index (χ4v) is 2.67. The van der Waals surface area contributed by atoms with Crippen LogP contribution in [0.1, 0.15) is 9.67 Å². The average Bonchev–Trinajstić information content (AvgIpc) is 2.76. The van der Waals surface area contributed by atoms with Crippen LogP contribution in [0.3, 0.4) is 0 Å². The zero-order valence-corrected chi connectivity index (χ0v) is 10.6. The summed E-state index contributed by atoms with van der Waals surface area (Å²) in [6, 6.07) is 7.29. The Balaban J connectivity index is 2.44. The maximum Gasteiger partial charge on any atom is 0.267 e. The maximum atomic E-state index is 12.2. The third-order valence-electron chi connectivity index (χ3n) is 2.49. The van der Waals surface area contributed by atoms with Crippen LogP contribution in [-0.2, 0) is 0 Å². The Labute approximate surface area is 113 Å². The number of carbonyl (C=O) groups is 1. The van der Waals surface area contributed by atoms with Crippen molar-refractivity contribution in [1.82, 2.24) is 9.88 Å². The number of nitriles is 2. The first-order valence-corrected chi connectivity index (χ1v) is 6.17. The average molecular weight is 271 g/mol. The fraction of sp³-hybridized carbons (Fsp3) is 0.167. The Morgan fingerprint density at radius 2 is 2.11 bits per heavy atom. The number of anilines is 1. The van der Waals surface area contributed by atoms with E-state index in [1.165, 1.54) is 11.3 Å². The zero-order valence-electron chi connectivity index (χ0n) is 9.83.